The average Bonchev–Trinajstić information content (AvgIpc) is 2.55. The Morgan fingerprint density at radius 1 is 1.17 bits per heavy atom. The molecule has 23 heavy (non-hydrogen) atoms. The zero-order valence-electron chi connectivity index (χ0n) is 12.5. The predicted octanol–water partition coefficient (Wildman–Crippen LogP) is 2.26. The lowest BCUT2D eigenvalue weighted by Gasteiger charge is -2.15. The molecule has 1 atom stereocenters. The van der Waals surface area contributed by atoms with Crippen LogP contribution in [0.15, 0.2) is 48.5 Å². The molecule has 0 aliphatic heterocycles. The Morgan fingerprint density at radius 2 is 1.83 bits per heavy atom. The maximum Gasteiger partial charge on any atom is 0.326 e. The molecule has 2 aromatic carbocycles. The van der Waals surface area contributed by atoms with Gasteiger partial charge >= 0.3 is 5.97 Å². The van der Waals surface area contributed by atoms with Gasteiger partial charge in [0.15, 0.2) is 0 Å². The fourth-order valence-corrected chi connectivity index (χ4v) is 2.08. The van der Waals surface area contributed by atoms with Gasteiger partial charge in [0.1, 0.15) is 17.6 Å². The highest BCUT2D eigenvalue weighted by molar-refractivity contribution is 5.96. The van der Waals surface area contributed by atoms with Crippen molar-refractivity contribution in [3.05, 3.63) is 65.5 Å². The van der Waals surface area contributed by atoms with Crippen LogP contribution in [0.4, 0.5) is 4.39 Å². The molecular formula is C17H16FNO4. The fraction of sp³-hybridized carbons (Fsp3) is 0.176. The number of carboxylic acid groups (broad SMARTS) is 1. The van der Waals surface area contributed by atoms with Crippen molar-refractivity contribution in [3.63, 3.8) is 0 Å². The SMILES string of the molecule is COc1ccc(C[C@H](NC(=O)c2ccccc2F)C(=O)O)cc1. The Hall–Kier alpha value is -2.89. The maximum absolute atomic E-state index is 13.6. The molecule has 0 aromatic heterocycles. The molecular weight excluding hydrogens is 301 g/mol. The number of ether oxygens (including phenoxy) is 1. The minimum Gasteiger partial charge on any atom is -0.497 e. The summed E-state index contributed by atoms with van der Waals surface area (Å²) in [6.45, 7) is 0. The molecule has 2 rings (SSSR count). The van der Waals surface area contributed by atoms with Gasteiger partial charge in [0.05, 0.1) is 12.7 Å². The van der Waals surface area contributed by atoms with Crippen LogP contribution in [0.1, 0.15) is 15.9 Å². The third-order valence-electron chi connectivity index (χ3n) is 3.32. The summed E-state index contributed by atoms with van der Waals surface area (Å²) in [5, 5.41) is 11.6. The van der Waals surface area contributed by atoms with E-state index in [0.717, 1.165) is 6.07 Å². The number of hydrogen-bond acceptors (Lipinski definition) is 3. The number of rotatable bonds is 6. The van der Waals surface area contributed by atoms with E-state index in [1.807, 2.05) is 0 Å². The molecule has 5 nitrogen and oxygen atoms in total. The van der Waals surface area contributed by atoms with Crippen molar-refractivity contribution in [2.45, 2.75) is 12.5 Å². The van der Waals surface area contributed by atoms with Crippen molar-refractivity contribution >= 4 is 11.9 Å². The van der Waals surface area contributed by atoms with Gasteiger partial charge in [-0.25, -0.2) is 9.18 Å². The third-order valence-corrected chi connectivity index (χ3v) is 3.32. The largest absolute Gasteiger partial charge is 0.497 e. The van der Waals surface area contributed by atoms with Crippen LogP contribution in [0, 0.1) is 5.82 Å². The van der Waals surface area contributed by atoms with Crippen LogP contribution in [0.3, 0.4) is 0 Å². The second-order valence-electron chi connectivity index (χ2n) is 4.90. The molecule has 0 radical (unpaired) electrons. The van der Waals surface area contributed by atoms with Crippen molar-refractivity contribution in [1.82, 2.24) is 5.32 Å². The molecule has 0 saturated carbocycles. The highest BCUT2D eigenvalue weighted by Crippen LogP contribution is 2.13. The quantitative estimate of drug-likeness (QED) is 0.857. The number of halogens is 1. The van der Waals surface area contributed by atoms with Crippen LogP contribution in [0.5, 0.6) is 5.75 Å². The molecule has 0 spiro atoms. The minimum absolute atomic E-state index is 0.0829. The summed E-state index contributed by atoms with van der Waals surface area (Å²) in [5.74, 6) is -2.00. The van der Waals surface area contributed by atoms with Crippen molar-refractivity contribution in [1.29, 1.82) is 0 Å². The monoisotopic (exact) mass is 317 g/mol. The first kappa shape index (κ1) is 16.5. The van der Waals surface area contributed by atoms with E-state index < -0.39 is 23.7 Å². The van der Waals surface area contributed by atoms with Crippen molar-refractivity contribution in [3.8, 4) is 5.75 Å². The first-order valence-corrected chi connectivity index (χ1v) is 6.92. The second kappa shape index (κ2) is 7.40. The van der Waals surface area contributed by atoms with Crippen molar-refractivity contribution in [2.24, 2.45) is 0 Å². The Morgan fingerprint density at radius 3 is 2.39 bits per heavy atom. The number of carbonyl (C=O) groups excluding carboxylic acids is 1. The van der Waals surface area contributed by atoms with Gasteiger partial charge in [-0.05, 0) is 29.8 Å². The molecule has 2 aromatic rings. The van der Waals surface area contributed by atoms with E-state index in [9.17, 15) is 19.1 Å². The number of nitrogens with one attached hydrogen (secondary N) is 1. The van der Waals surface area contributed by atoms with Gasteiger partial charge in [-0.15, -0.1) is 0 Å². The summed E-state index contributed by atoms with van der Waals surface area (Å²) < 4.78 is 18.6. The summed E-state index contributed by atoms with van der Waals surface area (Å²) in [7, 11) is 1.53. The number of methoxy groups -OCH3 is 1. The number of amides is 1. The lowest BCUT2D eigenvalue weighted by molar-refractivity contribution is -0.139. The zero-order valence-corrected chi connectivity index (χ0v) is 12.5. The third kappa shape index (κ3) is 4.29. The Balaban J connectivity index is 2.11. The standard InChI is InChI=1S/C17H16FNO4/c1-23-12-8-6-11(7-9-12)10-15(17(21)22)19-16(20)13-4-2-3-5-14(13)18/h2-9,15H,10H2,1H3,(H,19,20)(H,21,22)/t15-/m0/s1. The molecule has 2 N–H and O–H groups in total. The summed E-state index contributed by atoms with van der Waals surface area (Å²) in [4.78, 5) is 23.4. The molecule has 1 amide bonds. The van der Waals surface area contributed by atoms with E-state index in [-0.39, 0.29) is 12.0 Å². The summed E-state index contributed by atoms with van der Waals surface area (Å²) >= 11 is 0. The minimum atomic E-state index is -1.19. The number of carbonyl (C=O) groups is 2. The van der Waals surface area contributed by atoms with Crippen LogP contribution in [0.25, 0.3) is 0 Å². The van der Waals surface area contributed by atoms with E-state index in [4.69, 9.17) is 4.74 Å². The fourth-order valence-electron chi connectivity index (χ4n) is 2.08. The second-order valence-corrected chi connectivity index (χ2v) is 4.90. The van der Waals surface area contributed by atoms with E-state index in [1.165, 1.54) is 25.3 Å². The Kier molecular flexibility index (Phi) is 5.30. The Labute approximate surface area is 132 Å². The number of hydrogen-bond donors (Lipinski definition) is 2. The predicted molar refractivity (Wildman–Crippen MR) is 82.0 cm³/mol. The highest BCUT2D eigenvalue weighted by Gasteiger charge is 2.22. The first-order valence-electron chi connectivity index (χ1n) is 6.92. The molecule has 0 aliphatic rings. The molecule has 0 aliphatic carbocycles. The van der Waals surface area contributed by atoms with Crippen LogP contribution in [0.2, 0.25) is 0 Å². The van der Waals surface area contributed by atoms with Gasteiger partial charge in [0.2, 0.25) is 0 Å². The highest BCUT2D eigenvalue weighted by atomic mass is 19.1. The van der Waals surface area contributed by atoms with Gasteiger partial charge in [-0.2, -0.15) is 0 Å². The van der Waals surface area contributed by atoms with Gasteiger partial charge in [-0.3, -0.25) is 4.79 Å². The van der Waals surface area contributed by atoms with E-state index in [0.29, 0.717) is 11.3 Å². The van der Waals surface area contributed by atoms with E-state index in [1.54, 1.807) is 24.3 Å². The van der Waals surface area contributed by atoms with Crippen LogP contribution in [-0.4, -0.2) is 30.1 Å². The number of carboxylic acids is 1. The molecule has 0 fully saturated rings. The molecule has 0 heterocycles. The van der Waals surface area contributed by atoms with Crippen LogP contribution in [-0.2, 0) is 11.2 Å². The van der Waals surface area contributed by atoms with Crippen LogP contribution < -0.4 is 10.1 Å². The van der Waals surface area contributed by atoms with Crippen LogP contribution >= 0.6 is 0 Å². The summed E-state index contributed by atoms with van der Waals surface area (Å²) in [6.07, 6.45) is 0.0829. The van der Waals surface area contributed by atoms with Gasteiger partial charge in [0, 0.05) is 6.42 Å². The smallest absolute Gasteiger partial charge is 0.326 e. The summed E-state index contributed by atoms with van der Waals surface area (Å²) in [5.41, 5.74) is 0.528. The zero-order chi connectivity index (χ0) is 16.8. The average molecular weight is 317 g/mol. The van der Waals surface area contributed by atoms with Gasteiger partial charge in [-0.1, -0.05) is 24.3 Å². The molecule has 0 unspecified atom stereocenters. The lowest BCUT2D eigenvalue weighted by atomic mass is 10.1. The molecule has 6 heteroatoms. The first-order chi connectivity index (χ1) is 11.0. The summed E-state index contributed by atoms with van der Waals surface area (Å²) in [6, 6.07) is 11.1. The Bertz CT molecular complexity index is 700. The normalized spacial score (nSPS) is 11.6. The van der Waals surface area contributed by atoms with Crippen molar-refractivity contribution in [2.75, 3.05) is 7.11 Å². The lowest BCUT2D eigenvalue weighted by Crippen LogP contribution is -2.42. The van der Waals surface area contributed by atoms with E-state index in [2.05, 4.69) is 5.32 Å². The van der Waals surface area contributed by atoms with Crippen molar-refractivity contribution < 1.29 is 23.8 Å². The van der Waals surface area contributed by atoms with Gasteiger partial charge in [0.25, 0.3) is 5.91 Å². The number of benzene rings is 2. The van der Waals surface area contributed by atoms with Gasteiger partial charge < -0.3 is 15.2 Å². The topological polar surface area (TPSA) is 75.6 Å². The van der Waals surface area contributed by atoms with E-state index >= 15 is 0 Å². The maximum atomic E-state index is 13.6. The number of aliphatic carboxylic acids is 1. The molecule has 0 saturated heterocycles. The molecule has 0 bridgehead atoms. The molecule has 120 valence electrons.